The standard InChI is InChI=1S/C15H16N4O/c16-12-14-5-3-13(4-6-14)11-15(20)17-7-1-9-19-10-2-8-18-19/h2-6,8,10H,1,7,9,11H2,(H,17,20). The average molecular weight is 268 g/mol. The minimum atomic E-state index is -0.00447. The molecule has 5 heteroatoms. The van der Waals surface area contributed by atoms with Crippen molar-refractivity contribution in [2.75, 3.05) is 6.54 Å². The molecule has 20 heavy (non-hydrogen) atoms. The monoisotopic (exact) mass is 268 g/mol. The number of benzene rings is 1. The Balaban J connectivity index is 1.68. The second kappa shape index (κ2) is 7.10. The summed E-state index contributed by atoms with van der Waals surface area (Å²) in [5, 5.41) is 15.7. The maximum absolute atomic E-state index is 11.7. The van der Waals surface area contributed by atoms with E-state index in [4.69, 9.17) is 5.26 Å². The van der Waals surface area contributed by atoms with E-state index in [1.54, 1.807) is 18.3 Å². The highest BCUT2D eigenvalue weighted by molar-refractivity contribution is 5.78. The molecule has 0 saturated carbocycles. The van der Waals surface area contributed by atoms with Gasteiger partial charge in [-0.3, -0.25) is 9.48 Å². The topological polar surface area (TPSA) is 70.7 Å². The van der Waals surface area contributed by atoms with Crippen LogP contribution in [-0.4, -0.2) is 22.2 Å². The maximum Gasteiger partial charge on any atom is 0.224 e. The first-order valence-electron chi connectivity index (χ1n) is 6.51. The van der Waals surface area contributed by atoms with Crippen LogP contribution in [0.1, 0.15) is 17.5 Å². The summed E-state index contributed by atoms with van der Waals surface area (Å²) in [5.74, 6) is -0.00447. The van der Waals surface area contributed by atoms with Crippen LogP contribution in [0, 0.1) is 11.3 Å². The quantitative estimate of drug-likeness (QED) is 0.807. The minimum absolute atomic E-state index is 0.00447. The van der Waals surface area contributed by atoms with Gasteiger partial charge in [0.1, 0.15) is 0 Å². The number of hydrogen-bond acceptors (Lipinski definition) is 3. The van der Waals surface area contributed by atoms with Crippen molar-refractivity contribution in [3.05, 3.63) is 53.9 Å². The van der Waals surface area contributed by atoms with Gasteiger partial charge in [-0.15, -0.1) is 0 Å². The largest absolute Gasteiger partial charge is 0.356 e. The van der Waals surface area contributed by atoms with Crippen LogP contribution < -0.4 is 5.32 Å². The van der Waals surface area contributed by atoms with E-state index in [0.717, 1.165) is 18.5 Å². The Hall–Kier alpha value is -2.61. The van der Waals surface area contributed by atoms with Gasteiger partial charge in [-0.2, -0.15) is 10.4 Å². The molecule has 5 nitrogen and oxygen atoms in total. The van der Waals surface area contributed by atoms with Crippen molar-refractivity contribution in [3.63, 3.8) is 0 Å². The van der Waals surface area contributed by atoms with E-state index in [9.17, 15) is 4.79 Å². The molecule has 0 unspecified atom stereocenters. The predicted octanol–water partition coefficient (Wildman–Crippen LogP) is 1.50. The van der Waals surface area contributed by atoms with Crippen molar-refractivity contribution >= 4 is 5.91 Å². The van der Waals surface area contributed by atoms with Crippen LogP contribution in [0.15, 0.2) is 42.7 Å². The zero-order valence-corrected chi connectivity index (χ0v) is 11.1. The molecule has 0 bridgehead atoms. The zero-order valence-electron chi connectivity index (χ0n) is 11.1. The Morgan fingerprint density at radius 1 is 1.35 bits per heavy atom. The van der Waals surface area contributed by atoms with Gasteiger partial charge >= 0.3 is 0 Å². The molecule has 0 atom stereocenters. The molecule has 0 aliphatic rings. The number of nitrogens with one attached hydrogen (secondary N) is 1. The first kappa shape index (κ1) is 13.8. The highest BCUT2D eigenvalue weighted by atomic mass is 16.1. The summed E-state index contributed by atoms with van der Waals surface area (Å²) in [6.45, 7) is 1.43. The Morgan fingerprint density at radius 2 is 2.15 bits per heavy atom. The van der Waals surface area contributed by atoms with E-state index >= 15 is 0 Å². The van der Waals surface area contributed by atoms with Crippen molar-refractivity contribution in [3.8, 4) is 6.07 Å². The van der Waals surface area contributed by atoms with Crippen molar-refractivity contribution in [2.24, 2.45) is 0 Å². The molecular weight excluding hydrogens is 252 g/mol. The molecule has 102 valence electrons. The lowest BCUT2D eigenvalue weighted by Gasteiger charge is -2.05. The lowest BCUT2D eigenvalue weighted by molar-refractivity contribution is -0.120. The fourth-order valence-corrected chi connectivity index (χ4v) is 1.85. The van der Waals surface area contributed by atoms with E-state index < -0.39 is 0 Å². The van der Waals surface area contributed by atoms with Crippen LogP contribution in [0.25, 0.3) is 0 Å². The van der Waals surface area contributed by atoms with Gasteiger partial charge in [0, 0.05) is 25.5 Å². The number of amides is 1. The van der Waals surface area contributed by atoms with Crippen LogP contribution in [0.5, 0.6) is 0 Å². The summed E-state index contributed by atoms with van der Waals surface area (Å²) in [5.41, 5.74) is 1.52. The van der Waals surface area contributed by atoms with Crippen LogP contribution >= 0.6 is 0 Å². The number of carbonyl (C=O) groups excluding carboxylic acids is 1. The van der Waals surface area contributed by atoms with Crippen molar-refractivity contribution < 1.29 is 4.79 Å². The van der Waals surface area contributed by atoms with E-state index in [2.05, 4.69) is 16.5 Å². The lowest BCUT2D eigenvalue weighted by Crippen LogP contribution is -2.26. The molecule has 2 rings (SSSR count). The molecule has 1 aromatic carbocycles. The fourth-order valence-electron chi connectivity index (χ4n) is 1.85. The van der Waals surface area contributed by atoms with Crippen LogP contribution in [-0.2, 0) is 17.8 Å². The number of hydrogen-bond donors (Lipinski definition) is 1. The second-order valence-corrected chi connectivity index (χ2v) is 4.46. The normalized spacial score (nSPS) is 9.95. The van der Waals surface area contributed by atoms with Gasteiger partial charge in [0.2, 0.25) is 5.91 Å². The van der Waals surface area contributed by atoms with Gasteiger partial charge < -0.3 is 5.32 Å². The Kier molecular flexibility index (Phi) is 4.90. The maximum atomic E-state index is 11.7. The third-order valence-electron chi connectivity index (χ3n) is 2.89. The number of aromatic nitrogens is 2. The number of carbonyl (C=O) groups is 1. The molecule has 0 fully saturated rings. The Bertz CT molecular complexity index is 581. The fraction of sp³-hybridized carbons (Fsp3) is 0.267. The minimum Gasteiger partial charge on any atom is -0.356 e. The smallest absolute Gasteiger partial charge is 0.224 e. The molecule has 0 spiro atoms. The number of nitrogens with zero attached hydrogens (tertiary/aromatic N) is 3. The van der Waals surface area contributed by atoms with Gasteiger partial charge in [0.25, 0.3) is 0 Å². The first-order chi connectivity index (χ1) is 9.78. The highest BCUT2D eigenvalue weighted by Crippen LogP contribution is 2.04. The average Bonchev–Trinajstić information content (AvgIpc) is 2.98. The zero-order chi connectivity index (χ0) is 14.2. The van der Waals surface area contributed by atoms with Crippen LogP contribution in [0.3, 0.4) is 0 Å². The third kappa shape index (κ3) is 4.25. The molecule has 1 amide bonds. The van der Waals surface area contributed by atoms with Crippen LogP contribution in [0.2, 0.25) is 0 Å². The summed E-state index contributed by atoms with van der Waals surface area (Å²) in [6.07, 6.45) is 4.83. The van der Waals surface area contributed by atoms with Crippen LogP contribution in [0.4, 0.5) is 0 Å². The number of aryl methyl sites for hydroxylation is 1. The number of rotatable bonds is 6. The SMILES string of the molecule is N#Cc1ccc(CC(=O)NCCCn2cccn2)cc1. The molecule has 1 N–H and O–H groups in total. The summed E-state index contributed by atoms with van der Waals surface area (Å²) < 4.78 is 1.84. The lowest BCUT2D eigenvalue weighted by atomic mass is 10.1. The summed E-state index contributed by atoms with van der Waals surface area (Å²) in [6, 6.07) is 11.0. The molecule has 0 radical (unpaired) electrons. The van der Waals surface area contributed by atoms with E-state index in [1.807, 2.05) is 29.1 Å². The number of nitriles is 1. The van der Waals surface area contributed by atoms with Crippen molar-refractivity contribution in [2.45, 2.75) is 19.4 Å². The molecule has 0 aliphatic heterocycles. The van der Waals surface area contributed by atoms with E-state index in [1.165, 1.54) is 0 Å². The summed E-state index contributed by atoms with van der Waals surface area (Å²) in [7, 11) is 0. The molecule has 0 saturated heterocycles. The molecule has 0 aliphatic carbocycles. The third-order valence-corrected chi connectivity index (χ3v) is 2.89. The van der Waals surface area contributed by atoms with Gasteiger partial charge in [-0.1, -0.05) is 12.1 Å². The second-order valence-electron chi connectivity index (χ2n) is 4.46. The van der Waals surface area contributed by atoms with Gasteiger partial charge in [0.05, 0.1) is 18.1 Å². The molecule has 2 aromatic rings. The van der Waals surface area contributed by atoms with Gasteiger partial charge in [0.15, 0.2) is 0 Å². The van der Waals surface area contributed by atoms with E-state index in [0.29, 0.717) is 18.5 Å². The highest BCUT2D eigenvalue weighted by Gasteiger charge is 2.03. The summed E-state index contributed by atoms with van der Waals surface area (Å²) in [4.78, 5) is 11.7. The van der Waals surface area contributed by atoms with Crippen molar-refractivity contribution in [1.82, 2.24) is 15.1 Å². The predicted molar refractivity (Wildman–Crippen MR) is 74.7 cm³/mol. The van der Waals surface area contributed by atoms with Crippen molar-refractivity contribution in [1.29, 1.82) is 5.26 Å². The summed E-state index contributed by atoms with van der Waals surface area (Å²) >= 11 is 0. The Morgan fingerprint density at radius 3 is 2.80 bits per heavy atom. The molecule has 1 heterocycles. The van der Waals surface area contributed by atoms with Gasteiger partial charge in [-0.25, -0.2) is 0 Å². The first-order valence-corrected chi connectivity index (χ1v) is 6.51. The molecule has 1 aromatic heterocycles. The van der Waals surface area contributed by atoms with E-state index in [-0.39, 0.29) is 5.91 Å². The molecular formula is C15H16N4O. The van der Waals surface area contributed by atoms with Gasteiger partial charge in [-0.05, 0) is 30.2 Å². The Labute approximate surface area is 117 Å².